The summed E-state index contributed by atoms with van der Waals surface area (Å²) in [6.07, 6.45) is 3.40. The molecule has 0 unspecified atom stereocenters. The number of anilines is 2. The normalized spacial score (nSPS) is 14.3. The van der Waals surface area contributed by atoms with Gasteiger partial charge in [-0.05, 0) is 67.4 Å². The van der Waals surface area contributed by atoms with E-state index in [0.29, 0.717) is 43.4 Å². The van der Waals surface area contributed by atoms with Gasteiger partial charge >= 0.3 is 0 Å². The third-order valence-corrected chi connectivity index (χ3v) is 6.97. The van der Waals surface area contributed by atoms with E-state index in [4.69, 9.17) is 0 Å². The zero-order valence-corrected chi connectivity index (χ0v) is 18.8. The summed E-state index contributed by atoms with van der Waals surface area (Å²) in [5.41, 5.74) is 3.06. The van der Waals surface area contributed by atoms with E-state index >= 15 is 0 Å². The van der Waals surface area contributed by atoms with Gasteiger partial charge in [0.25, 0.3) is 15.9 Å². The highest BCUT2D eigenvalue weighted by Crippen LogP contribution is 2.20. The number of carbonyl (C=O) groups is 1. The SMILES string of the molecule is Cc1ccc(NS(=O)(=O)c2ccc(C(=O)N3CCN(c4ncccn4)CC3)cc2)cc1C. The van der Waals surface area contributed by atoms with Gasteiger partial charge < -0.3 is 9.80 Å². The van der Waals surface area contributed by atoms with Gasteiger partial charge in [0.15, 0.2) is 0 Å². The number of aromatic nitrogens is 2. The molecule has 0 radical (unpaired) electrons. The highest BCUT2D eigenvalue weighted by molar-refractivity contribution is 7.92. The Hall–Kier alpha value is -3.46. The van der Waals surface area contributed by atoms with Gasteiger partial charge in [-0.2, -0.15) is 0 Å². The van der Waals surface area contributed by atoms with Gasteiger partial charge in [0.2, 0.25) is 5.95 Å². The Balaban J connectivity index is 1.40. The van der Waals surface area contributed by atoms with Crippen LogP contribution in [0.5, 0.6) is 0 Å². The second kappa shape index (κ2) is 8.96. The number of rotatable bonds is 5. The number of nitrogens with zero attached hydrogens (tertiary/aromatic N) is 4. The fourth-order valence-corrected chi connectivity index (χ4v) is 4.59. The second-order valence-electron chi connectivity index (χ2n) is 7.76. The molecule has 0 saturated carbocycles. The Bertz CT molecular complexity index is 1210. The van der Waals surface area contributed by atoms with Gasteiger partial charge in [0.05, 0.1) is 4.90 Å². The lowest BCUT2D eigenvalue weighted by Crippen LogP contribution is -2.49. The molecule has 1 aromatic heterocycles. The topological polar surface area (TPSA) is 95.5 Å². The summed E-state index contributed by atoms with van der Waals surface area (Å²) in [5.74, 6) is 0.537. The van der Waals surface area contributed by atoms with Crippen molar-refractivity contribution in [3.8, 4) is 0 Å². The summed E-state index contributed by atoms with van der Waals surface area (Å²) in [6.45, 7) is 6.28. The first kappa shape index (κ1) is 21.8. The minimum Gasteiger partial charge on any atom is -0.337 e. The van der Waals surface area contributed by atoms with E-state index in [1.807, 2.05) is 24.8 Å². The van der Waals surface area contributed by atoms with Crippen LogP contribution in [0.15, 0.2) is 65.8 Å². The van der Waals surface area contributed by atoms with Crippen LogP contribution in [0.25, 0.3) is 0 Å². The molecule has 1 fully saturated rings. The van der Waals surface area contributed by atoms with Crippen LogP contribution < -0.4 is 9.62 Å². The van der Waals surface area contributed by atoms with E-state index in [0.717, 1.165) is 11.1 Å². The van der Waals surface area contributed by atoms with Crippen molar-refractivity contribution in [1.82, 2.24) is 14.9 Å². The van der Waals surface area contributed by atoms with Gasteiger partial charge in [0.1, 0.15) is 0 Å². The molecule has 32 heavy (non-hydrogen) atoms. The van der Waals surface area contributed by atoms with Gasteiger partial charge in [0, 0.05) is 49.8 Å². The Kier molecular flexibility index (Phi) is 6.09. The van der Waals surface area contributed by atoms with E-state index in [9.17, 15) is 13.2 Å². The second-order valence-corrected chi connectivity index (χ2v) is 9.44. The third-order valence-electron chi connectivity index (χ3n) is 5.57. The molecule has 9 heteroatoms. The number of carbonyl (C=O) groups excluding carboxylic acids is 1. The molecule has 1 amide bonds. The Morgan fingerprint density at radius 1 is 0.906 bits per heavy atom. The van der Waals surface area contributed by atoms with E-state index in [1.165, 1.54) is 12.1 Å². The van der Waals surface area contributed by atoms with Crippen LogP contribution in [-0.2, 0) is 10.0 Å². The maximum atomic E-state index is 12.9. The zero-order chi connectivity index (χ0) is 22.7. The van der Waals surface area contributed by atoms with Crippen molar-refractivity contribution in [2.75, 3.05) is 35.8 Å². The highest BCUT2D eigenvalue weighted by atomic mass is 32.2. The smallest absolute Gasteiger partial charge is 0.261 e. The number of piperazine rings is 1. The highest BCUT2D eigenvalue weighted by Gasteiger charge is 2.24. The molecular weight excluding hydrogens is 426 g/mol. The minimum absolute atomic E-state index is 0.110. The average Bonchev–Trinajstić information content (AvgIpc) is 2.81. The van der Waals surface area contributed by atoms with Crippen LogP contribution in [0.3, 0.4) is 0 Å². The molecule has 1 N–H and O–H groups in total. The molecule has 1 saturated heterocycles. The molecule has 4 rings (SSSR count). The first-order chi connectivity index (χ1) is 15.3. The summed E-state index contributed by atoms with van der Waals surface area (Å²) in [7, 11) is -3.74. The fraction of sp³-hybridized carbons (Fsp3) is 0.261. The maximum Gasteiger partial charge on any atom is 0.261 e. The maximum absolute atomic E-state index is 12.9. The van der Waals surface area contributed by atoms with Crippen LogP contribution in [0, 0.1) is 13.8 Å². The number of nitrogens with one attached hydrogen (secondary N) is 1. The lowest BCUT2D eigenvalue weighted by Gasteiger charge is -2.34. The molecule has 3 aromatic rings. The standard InChI is InChI=1S/C23H25N5O3S/c1-17-4-7-20(16-18(17)2)26-32(30,31)21-8-5-19(6-9-21)22(29)27-12-14-28(15-13-27)23-24-10-3-11-25-23/h3-11,16,26H,12-15H2,1-2H3. The summed E-state index contributed by atoms with van der Waals surface area (Å²) in [5, 5.41) is 0. The van der Waals surface area contributed by atoms with Crippen molar-refractivity contribution in [1.29, 1.82) is 0 Å². The summed E-state index contributed by atoms with van der Waals surface area (Å²) in [4.78, 5) is 25.3. The number of hydrogen-bond acceptors (Lipinski definition) is 6. The van der Waals surface area contributed by atoms with Crippen LogP contribution in [0.1, 0.15) is 21.5 Å². The predicted molar refractivity (Wildman–Crippen MR) is 123 cm³/mol. The Morgan fingerprint density at radius 3 is 2.19 bits per heavy atom. The van der Waals surface area contributed by atoms with Crippen LogP contribution in [-0.4, -0.2) is 55.4 Å². The fourth-order valence-electron chi connectivity index (χ4n) is 3.54. The van der Waals surface area contributed by atoms with Crippen LogP contribution in [0.4, 0.5) is 11.6 Å². The Morgan fingerprint density at radius 2 is 1.56 bits per heavy atom. The summed E-state index contributed by atoms with van der Waals surface area (Å²) < 4.78 is 28.0. The summed E-state index contributed by atoms with van der Waals surface area (Å²) >= 11 is 0. The van der Waals surface area contributed by atoms with Crippen LogP contribution >= 0.6 is 0 Å². The van der Waals surface area contributed by atoms with E-state index in [1.54, 1.807) is 47.6 Å². The predicted octanol–water partition coefficient (Wildman–Crippen LogP) is 2.86. The van der Waals surface area contributed by atoms with Crippen molar-refractivity contribution in [2.45, 2.75) is 18.7 Å². The largest absolute Gasteiger partial charge is 0.337 e. The molecule has 2 heterocycles. The van der Waals surface area contributed by atoms with Gasteiger partial charge in [-0.15, -0.1) is 0 Å². The lowest BCUT2D eigenvalue weighted by atomic mass is 10.1. The third kappa shape index (κ3) is 4.72. The van der Waals surface area contributed by atoms with Crippen molar-refractivity contribution >= 4 is 27.6 Å². The first-order valence-electron chi connectivity index (χ1n) is 10.3. The molecule has 166 valence electrons. The molecule has 0 spiro atoms. The molecule has 0 aliphatic carbocycles. The monoisotopic (exact) mass is 451 g/mol. The molecule has 8 nitrogen and oxygen atoms in total. The lowest BCUT2D eigenvalue weighted by molar-refractivity contribution is 0.0746. The Labute approximate surface area is 188 Å². The number of sulfonamides is 1. The number of amides is 1. The number of benzene rings is 2. The van der Waals surface area contributed by atoms with E-state index < -0.39 is 10.0 Å². The average molecular weight is 452 g/mol. The van der Waals surface area contributed by atoms with E-state index in [2.05, 4.69) is 14.7 Å². The van der Waals surface area contributed by atoms with Gasteiger partial charge in [-0.25, -0.2) is 18.4 Å². The minimum atomic E-state index is -3.74. The molecule has 0 bridgehead atoms. The van der Waals surface area contributed by atoms with E-state index in [-0.39, 0.29) is 10.8 Å². The molecular formula is C23H25N5O3S. The molecule has 1 aliphatic heterocycles. The van der Waals surface area contributed by atoms with Crippen molar-refractivity contribution in [2.24, 2.45) is 0 Å². The number of hydrogen-bond donors (Lipinski definition) is 1. The van der Waals surface area contributed by atoms with Crippen LogP contribution in [0.2, 0.25) is 0 Å². The quantitative estimate of drug-likeness (QED) is 0.641. The van der Waals surface area contributed by atoms with Gasteiger partial charge in [-0.1, -0.05) is 6.07 Å². The molecule has 0 atom stereocenters. The van der Waals surface area contributed by atoms with Crippen molar-refractivity contribution in [3.63, 3.8) is 0 Å². The summed E-state index contributed by atoms with van der Waals surface area (Å²) in [6, 6.07) is 13.2. The molecule has 1 aliphatic rings. The molecule has 2 aromatic carbocycles. The van der Waals surface area contributed by atoms with Crippen molar-refractivity contribution < 1.29 is 13.2 Å². The number of aryl methyl sites for hydroxylation is 2. The van der Waals surface area contributed by atoms with Gasteiger partial charge in [-0.3, -0.25) is 9.52 Å². The van der Waals surface area contributed by atoms with Crippen molar-refractivity contribution in [3.05, 3.63) is 77.6 Å². The zero-order valence-electron chi connectivity index (χ0n) is 18.0. The first-order valence-corrected chi connectivity index (χ1v) is 11.8.